The third kappa shape index (κ3) is 1.87. The summed E-state index contributed by atoms with van der Waals surface area (Å²) >= 11 is 0. The summed E-state index contributed by atoms with van der Waals surface area (Å²) in [6, 6.07) is 0.700. The summed E-state index contributed by atoms with van der Waals surface area (Å²) in [5.41, 5.74) is 0. The SMILES string of the molecule is C1=CC(CC2C3CC4CC(C3)CC2C4)NCC1. The van der Waals surface area contributed by atoms with Gasteiger partial charge in [0.25, 0.3) is 0 Å². The molecule has 1 unspecified atom stereocenters. The highest BCUT2D eigenvalue weighted by atomic mass is 14.9. The van der Waals surface area contributed by atoms with E-state index in [4.69, 9.17) is 0 Å². The number of rotatable bonds is 2. The quantitative estimate of drug-likeness (QED) is 0.719. The van der Waals surface area contributed by atoms with Crippen molar-refractivity contribution in [2.24, 2.45) is 29.6 Å². The van der Waals surface area contributed by atoms with E-state index >= 15 is 0 Å². The van der Waals surface area contributed by atoms with Gasteiger partial charge in [0.05, 0.1) is 0 Å². The molecule has 1 aliphatic heterocycles. The van der Waals surface area contributed by atoms with Crippen LogP contribution in [0.3, 0.4) is 0 Å². The van der Waals surface area contributed by atoms with Gasteiger partial charge in [0.2, 0.25) is 0 Å². The molecule has 1 heterocycles. The van der Waals surface area contributed by atoms with Crippen molar-refractivity contribution < 1.29 is 0 Å². The Morgan fingerprint density at radius 1 is 0.941 bits per heavy atom. The molecule has 4 saturated carbocycles. The van der Waals surface area contributed by atoms with Crippen LogP contribution >= 0.6 is 0 Å². The first-order valence-corrected chi connectivity index (χ1v) is 7.78. The molecular formula is C16H25N. The minimum atomic E-state index is 0.700. The van der Waals surface area contributed by atoms with Gasteiger partial charge in [0.15, 0.2) is 0 Å². The van der Waals surface area contributed by atoms with Crippen molar-refractivity contribution in [3.05, 3.63) is 12.2 Å². The van der Waals surface area contributed by atoms with E-state index in [0.717, 1.165) is 29.6 Å². The van der Waals surface area contributed by atoms with Crippen LogP contribution in [-0.2, 0) is 0 Å². The van der Waals surface area contributed by atoms with Crippen LogP contribution < -0.4 is 5.32 Å². The summed E-state index contributed by atoms with van der Waals surface area (Å²) in [4.78, 5) is 0. The molecule has 0 amide bonds. The zero-order valence-corrected chi connectivity index (χ0v) is 10.8. The fourth-order valence-electron chi connectivity index (χ4n) is 5.56. The lowest BCUT2D eigenvalue weighted by Crippen LogP contribution is -2.47. The third-order valence-electron chi connectivity index (χ3n) is 6.03. The molecule has 17 heavy (non-hydrogen) atoms. The maximum Gasteiger partial charge on any atom is 0.0252 e. The van der Waals surface area contributed by atoms with Gasteiger partial charge in [0.1, 0.15) is 0 Å². The predicted molar refractivity (Wildman–Crippen MR) is 70.7 cm³/mol. The van der Waals surface area contributed by atoms with Gasteiger partial charge in [-0.15, -0.1) is 0 Å². The second kappa shape index (κ2) is 4.12. The molecule has 4 aliphatic carbocycles. The summed E-state index contributed by atoms with van der Waals surface area (Å²) in [5, 5.41) is 3.69. The van der Waals surface area contributed by atoms with E-state index in [0.29, 0.717) is 6.04 Å². The van der Waals surface area contributed by atoms with Gasteiger partial charge < -0.3 is 5.32 Å². The predicted octanol–water partition coefficient (Wildman–Crippen LogP) is 3.37. The van der Waals surface area contributed by atoms with Crippen molar-refractivity contribution in [1.82, 2.24) is 5.32 Å². The average Bonchev–Trinajstić information content (AvgIpc) is 2.34. The summed E-state index contributed by atoms with van der Waals surface area (Å²) < 4.78 is 0. The van der Waals surface area contributed by atoms with E-state index in [1.165, 1.54) is 19.4 Å². The second-order valence-corrected chi connectivity index (χ2v) is 7.11. The Morgan fingerprint density at radius 3 is 2.24 bits per heavy atom. The van der Waals surface area contributed by atoms with Gasteiger partial charge in [-0.05, 0) is 81.1 Å². The Morgan fingerprint density at radius 2 is 1.65 bits per heavy atom. The van der Waals surface area contributed by atoms with Gasteiger partial charge in [-0.2, -0.15) is 0 Å². The van der Waals surface area contributed by atoms with E-state index in [1.54, 1.807) is 32.1 Å². The van der Waals surface area contributed by atoms with Crippen LogP contribution in [0.4, 0.5) is 0 Å². The van der Waals surface area contributed by atoms with Crippen LogP contribution in [0, 0.1) is 29.6 Å². The fraction of sp³-hybridized carbons (Fsp3) is 0.875. The molecule has 4 bridgehead atoms. The molecule has 0 aromatic heterocycles. The van der Waals surface area contributed by atoms with Crippen molar-refractivity contribution in [2.75, 3.05) is 6.54 Å². The second-order valence-electron chi connectivity index (χ2n) is 7.11. The lowest BCUT2D eigenvalue weighted by atomic mass is 9.51. The fourth-order valence-corrected chi connectivity index (χ4v) is 5.56. The lowest BCUT2D eigenvalue weighted by molar-refractivity contribution is -0.0417. The minimum Gasteiger partial charge on any atom is -0.310 e. The minimum absolute atomic E-state index is 0.700. The number of hydrogen-bond donors (Lipinski definition) is 1. The first-order chi connectivity index (χ1) is 8.38. The standard InChI is InChI=1S/C16H25N/c1-2-4-17-15(3-1)10-16-13-6-11-5-12(8-13)9-14(16)7-11/h1,3,11-17H,2,4-10H2. The smallest absolute Gasteiger partial charge is 0.0252 e. The molecule has 1 N–H and O–H groups in total. The van der Waals surface area contributed by atoms with Gasteiger partial charge >= 0.3 is 0 Å². The van der Waals surface area contributed by atoms with Crippen molar-refractivity contribution >= 4 is 0 Å². The summed E-state index contributed by atoms with van der Waals surface area (Å²) in [6.07, 6.45) is 15.4. The summed E-state index contributed by atoms with van der Waals surface area (Å²) in [7, 11) is 0. The molecule has 0 saturated heterocycles. The van der Waals surface area contributed by atoms with Gasteiger partial charge in [-0.3, -0.25) is 0 Å². The molecule has 1 nitrogen and oxygen atoms in total. The van der Waals surface area contributed by atoms with Gasteiger partial charge in [-0.25, -0.2) is 0 Å². The monoisotopic (exact) mass is 231 g/mol. The molecule has 1 heteroatoms. The van der Waals surface area contributed by atoms with Crippen LogP contribution in [0.5, 0.6) is 0 Å². The van der Waals surface area contributed by atoms with E-state index in [1.807, 2.05) is 0 Å². The highest BCUT2D eigenvalue weighted by Crippen LogP contribution is 2.57. The van der Waals surface area contributed by atoms with E-state index < -0.39 is 0 Å². The number of hydrogen-bond acceptors (Lipinski definition) is 1. The lowest BCUT2D eigenvalue weighted by Gasteiger charge is -2.55. The molecule has 0 spiro atoms. The highest BCUT2D eigenvalue weighted by Gasteiger charge is 2.48. The maximum atomic E-state index is 3.69. The molecule has 4 fully saturated rings. The Labute approximate surface area is 105 Å². The van der Waals surface area contributed by atoms with Crippen LogP contribution in [0.2, 0.25) is 0 Å². The normalized spacial score (nSPS) is 52.0. The molecule has 94 valence electrons. The highest BCUT2D eigenvalue weighted by molar-refractivity contribution is 5.03. The molecule has 1 atom stereocenters. The zero-order chi connectivity index (χ0) is 11.2. The van der Waals surface area contributed by atoms with E-state index in [-0.39, 0.29) is 0 Å². The molecule has 5 rings (SSSR count). The van der Waals surface area contributed by atoms with Crippen LogP contribution in [-0.4, -0.2) is 12.6 Å². The molecule has 0 aromatic carbocycles. The van der Waals surface area contributed by atoms with Gasteiger partial charge in [0, 0.05) is 6.04 Å². The summed E-state index contributed by atoms with van der Waals surface area (Å²) in [6.45, 7) is 1.20. The molecule has 0 radical (unpaired) electrons. The Bertz CT molecular complexity index is 291. The third-order valence-corrected chi connectivity index (χ3v) is 6.03. The van der Waals surface area contributed by atoms with Gasteiger partial charge in [-0.1, -0.05) is 12.2 Å². The first-order valence-electron chi connectivity index (χ1n) is 7.78. The largest absolute Gasteiger partial charge is 0.310 e. The maximum absolute atomic E-state index is 3.69. The zero-order valence-electron chi connectivity index (χ0n) is 10.8. The van der Waals surface area contributed by atoms with E-state index in [9.17, 15) is 0 Å². The van der Waals surface area contributed by atoms with Crippen molar-refractivity contribution in [3.63, 3.8) is 0 Å². The molecular weight excluding hydrogens is 206 g/mol. The molecule has 5 aliphatic rings. The number of nitrogens with one attached hydrogen (secondary N) is 1. The topological polar surface area (TPSA) is 12.0 Å². The Kier molecular flexibility index (Phi) is 2.57. The van der Waals surface area contributed by atoms with Crippen molar-refractivity contribution in [1.29, 1.82) is 0 Å². The van der Waals surface area contributed by atoms with Crippen LogP contribution in [0.15, 0.2) is 12.2 Å². The van der Waals surface area contributed by atoms with Crippen molar-refractivity contribution in [2.45, 2.75) is 51.0 Å². The van der Waals surface area contributed by atoms with Crippen molar-refractivity contribution in [3.8, 4) is 0 Å². The molecule has 0 aromatic rings. The first kappa shape index (κ1) is 10.6. The van der Waals surface area contributed by atoms with E-state index in [2.05, 4.69) is 17.5 Å². The van der Waals surface area contributed by atoms with Crippen LogP contribution in [0.25, 0.3) is 0 Å². The average molecular weight is 231 g/mol. The summed E-state index contributed by atoms with van der Waals surface area (Å²) in [5.74, 6) is 5.52. The Balaban J connectivity index is 1.47. The van der Waals surface area contributed by atoms with Crippen LogP contribution in [0.1, 0.15) is 44.9 Å². The Hall–Kier alpha value is -0.300.